The van der Waals surface area contributed by atoms with Crippen LogP contribution in [0.15, 0.2) is 84.9 Å². The molecule has 0 atom stereocenters. The highest BCUT2D eigenvalue weighted by atomic mass is 16.2. The van der Waals surface area contributed by atoms with Gasteiger partial charge in [-0.3, -0.25) is 9.59 Å². The molecule has 1 fully saturated rings. The van der Waals surface area contributed by atoms with Gasteiger partial charge in [0.1, 0.15) is 0 Å². The van der Waals surface area contributed by atoms with Crippen molar-refractivity contribution < 1.29 is 9.59 Å². The zero-order valence-electron chi connectivity index (χ0n) is 17.7. The SMILES string of the molecule is Cc1cccc(N2CCN(C(=O)C(=O)NC(c3ccccc3)c3ccccc3)CC2)c1. The lowest BCUT2D eigenvalue weighted by atomic mass is 9.98. The average molecular weight is 414 g/mol. The number of aryl methyl sites for hydroxylation is 1. The number of hydrogen-bond acceptors (Lipinski definition) is 3. The number of carbonyl (C=O) groups is 2. The Morgan fingerprint density at radius 2 is 1.35 bits per heavy atom. The van der Waals surface area contributed by atoms with Crippen LogP contribution >= 0.6 is 0 Å². The van der Waals surface area contributed by atoms with Crippen LogP contribution in [0.3, 0.4) is 0 Å². The topological polar surface area (TPSA) is 52.7 Å². The lowest BCUT2D eigenvalue weighted by molar-refractivity contribution is -0.146. The number of nitrogens with one attached hydrogen (secondary N) is 1. The van der Waals surface area contributed by atoms with Gasteiger partial charge in [-0.1, -0.05) is 72.8 Å². The second-order valence-electron chi connectivity index (χ2n) is 7.85. The first-order valence-electron chi connectivity index (χ1n) is 10.6. The molecule has 1 saturated heterocycles. The van der Waals surface area contributed by atoms with Gasteiger partial charge in [0.25, 0.3) is 0 Å². The van der Waals surface area contributed by atoms with Crippen molar-refractivity contribution >= 4 is 17.5 Å². The first kappa shape index (κ1) is 20.7. The van der Waals surface area contributed by atoms with Crippen molar-refractivity contribution in [2.24, 2.45) is 0 Å². The van der Waals surface area contributed by atoms with Crippen molar-refractivity contribution in [3.63, 3.8) is 0 Å². The van der Waals surface area contributed by atoms with E-state index in [1.165, 1.54) is 5.56 Å². The molecule has 0 aromatic heterocycles. The van der Waals surface area contributed by atoms with Gasteiger partial charge in [0.2, 0.25) is 0 Å². The summed E-state index contributed by atoms with van der Waals surface area (Å²) >= 11 is 0. The average Bonchev–Trinajstić information content (AvgIpc) is 2.83. The summed E-state index contributed by atoms with van der Waals surface area (Å²) in [7, 11) is 0. The molecule has 0 unspecified atom stereocenters. The number of benzene rings is 3. The van der Waals surface area contributed by atoms with Crippen LogP contribution in [0.5, 0.6) is 0 Å². The Morgan fingerprint density at radius 3 is 1.90 bits per heavy atom. The summed E-state index contributed by atoms with van der Waals surface area (Å²) in [5.41, 5.74) is 4.26. The Balaban J connectivity index is 1.42. The van der Waals surface area contributed by atoms with Crippen LogP contribution < -0.4 is 10.2 Å². The molecule has 4 rings (SSSR count). The van der Waals surface area contributed by atoms with E-state index in [0.29, 0.717) is 26.2 Å². The quantitative estimate of drug-likeness (QED) is 0.666. The van der Waals surface area contributed by atoms with Crippen LogP contribution in [0.1, 0.15) is 22.7 Å². The second-order valence-corrected chi connectivity index (χ2v) is 7.85. The Bertz CT molecular complexity index is 989. The minimum atomic E-state index is -0.568. The Kier molecular flexibility index (Phi) is 6.32. The molecular formula is C26H27N3O2. The van der Waals surface area contributed by atoms with Gasteiger partial charge in [0.15, 0.2) is 0 Å². The van der Waals surface area contributed by atoms with E-state index in [9.17, 15) is 9.59 Å². The van der Waals surface area contributed by atoms with E-state index in [4.69, 9.17) is 0 Å². The molecule has 3 aromatic carbocycles. The molecule has 3 aromatic rings. The molecule has 158 valence electrons. The van der Waals surface area contributed by atoms with Crippen LogP contribution in [-0.2, 0) is 9.59 Å². The highest BCUT2D eigenvalue weighted by Crippen LogP contribution is 2.22. The van der Waals surface area contributed by atoms with Crippen LogP contribution in [0.2, 0.25) is 0 Å². The lowest BCUT2D eigenvalue weighted by Crippen LogP contribution is -2.53. The first-order chi connectivity index (χ1) is 15.1. The first-order valence-corrected chi connectivity index (χ1v) is 10.6. The fourth-order valence-electron chi connectivity index (χ4n) is 3.98. The summed E-state index contributed by atoms with van der Waals surface area (Å²) in [5.74, 6) is -1.04. The van der Waals surface area contributed by atoms with E-state index in [1.54, 1.807) is 4.90 Å². The number of piperazine rings is 1. The van der Waals surface area contributed by atoms with Crippen LogP contribution in [-0.4, -0.2) is 42.9 Å². The van der Waals surface area contributed by atoms with Crippen molar-refractivity contribution in [3.05, 3.63) is 102 Å². The summed E-state index contributed by atoms with van der Waals surface area (Å²) in [5, 5.41) is 2.95. The van der Waals surface area contributed by atoms with E-state index in [0.717, 1.165) is 16.8 Å². The molecule has 5 heteroatoms. The van der Waals surface area contributed by atoms with Gasteiger partial charge in [-0.2, -0.15) is 0 Å². The maximum absolute atomic E-state index is 12.9. The van der Waals surface area contributed by atoms with E-state index < -0.39 is 11.8 Å². The fourth-order valence-corrected chi connectivity index (χ4v) is 3.98. The molecule has 0 radical (unpaired) electrons. The molecule has 1 heterocycles. The molecule has 5 nitrogen and oxygen atoms in total. The summed E-state index contributed by atoms with van der Waals surface area (Å²) in [4.78, 5) is 29.7. The summed E-state index contributed by atoms with van der Waals surface area (Å²) in [6, 6.07) is 27.4. The molecule has 1 aliphatic rings. The third kappa shape index (κ3) is 4.94. The van der Waals surface area contributed by atoms with Crippen molar-refractivity contribution in [2.75, 3.05) is 31.1 Å². The molecule has 1 aliphatic heterocycles. The third-order valence-electron chi connectivity index (χ3n) is 5.67. The lowest BCUT2D eigenvalue weighted by Gasteiger charge is -2.36. The molecule has 0 bridgehead atoms. The predicted molar refractivity (Wildman–Crippen MR) is 123 cm³/mol. The number of hydrogen-bond donors (Lipinski definition) is 1. The second kappa shape index (κ2) is 9.47. The Hall–Kier alpha value is -3.60. The van der Waals surface area contributed by atoms with E-state index in [2.05, 4.69) is 35.3 Å². The third-order valence-corrected chi connectivity index (χ3v) is 5.67. The predicted octanol–water partition coefficient (Wildman–Crippen LogP) is 3.55. The zero-order chi connectivity index (χ0) is 21.6. The number of anilines is 1. The zero-order valence-corrected chi connectivity index (χ0v) is 17.7. The molecule has 31 heavy (non-hydrogen) atoms. The highest BCUT2D eigenvalue weighted by molar-refractivity contribution is 6.35. The summed E-state index contributed by atoms with van der Waals surface area (Å²) < 4.78 is 0. The molecular weight excluding hydrogens is 386 g/mol. The number of carbonyl (C=O) groups excluding carboxylic acids is 2. The van der Waals surface area contributed by atoms with Crippen LogP contribution in [0.4, 0.5) is 5.69 Å². The fraction of sp³-hybridized carbons (Fsp3) is 0.231. The number of nitrogens with zero attached hydrogens (tertiary/aromatic N) is 2. The van der Waals surface area contributed by atoms with Gasteiger partial charge < -0.3 is 15.1 Å². The maximum Gasteiger partial charge on any atom is 0.312 e. The van der Waals surface area contributed by atoms with Crippen molar-refractivity contribution in [1.82, 2.24) is 10.2 Å². The van der Waals surface area contributed by atoms with Crippen molar-refractivity contribution in [3.8, 4) is 0 Å². The minimum Gasteiger partial charge on any atom is -0.368 e. The molecule has 0 spiro atoms. The Labute approximate surface area is 183 Å². The monoisotopic (exact) mass is 413 g/mol. The van der Waals surface area contributed by atoms with Gasteiger partial charge in [-0.25, -0.2) is 0 Å². The van der Waals surface area contributed by atoms with Gasteiger partial charge in [0, 0.05) is 31.9 Å². The standard InChI is InChI=1S/C26H27N3O2/c1-20-9-8-14-23(19-20)28-15-17-29(18-16-28)26(31)25(30)27-24(21-10-4-2-5-11-21)22-12-6-3-7-13-22/h2-14,19,24H,15-18H2,1H3,(H,27,30). The van der Waals surface area contributed by atoms with Gasteiger partial charge in [-0.05, 0) is 35.7 Å². The van der Waals surface area contributed by atoms with Gasteiger partial charge in [0.05, 0.1) is 6.04 Å². The summed E-state index contributed by atoms with van der Waals surface area (Å²) in [6.07, 6.45) is 0. The molecule has 0 aliphatic carbocycles. The van der Waals surface area contributed by atoms with Crippen molar-refractivity contribution in [1.29, 1.82) is 0 Å². The van der Waals surface area contributed by atoms with Gasteiger partial charge in [-0.15, -0.1) is 0 Å². The minimum absolute atomic E-state index is 0.368. The van der Waals surface area contributed by atoms with Crippen LogP contribution in [0.25, 0.3) is 0 Å². The highest BCUT2D eigenvalue weighted by Gasteiger charge is 2.28. The smallest absolute Gasteiger partial charge is 0.312 e. The number of rotatable bonds is 4. The maximum atomic E-state index is 12.9. The van der Waals surface area contributed by atoms with E-state index in [1.807, 2.05) is 66.7 Å². The molecule has 1 N–H and O–H groups in total. The normalized spacial score (nSPS) is 13.9. The van der Waals surface area contributed by atoms with Crippen LogP contribution in [0, 0.1) is 6.92 Å². The molecule has 0 saturated carbocycles. The largest absolute Gasteiger partial charge is 0.368 e. The Morgan fingerprint density at radius 1 is 0.774 bits per heavy atom. The van der Waals surface area contributed by atoms with E-state index >= 15 is 0 Å². The number of amides is 2. The summed E-state index contributed by atoms with van der Waals surface area (Å²) in [6.45, 7) is 4.55. The van der Waals surface area contributed by atoms with Gasteiger partial charge >= 0.3 is 11.8 Å². The van der Waals surface area contributed by atoms with E-state index in [-0.39, 0.29) is 6.04 Å². The van der Waals surface area contributed by atoms with Crippen molar-refractivity contribution in [2.45, 2.75) is 13.0 Å². The molecule has 2 amide bonds.